The zero-order valence-electron chi connectivity index (χ0n) is 13.7. The van der Waals surface area contributed by atoms with Crippen LogP contribution in [0.1, 0.15) is 42.9 Å². The molecule has 2 fully saturated rings. The molecule has 0 aromatic heterocycles. The van der Waals surface area contributed by atoms with Gasteiger partial charge in [0.1, 0.15) is 0 Å². The number of nitrogens with one attached hydrogen (secondary N) is 1. The lowest BCUT2D eigenvalue weighted by molar-refractivity contribution is 0.0353. The highest BCUT2D eigenvalue weighted by Crippen LogP contribution is 2.39. The van der Waals surface area contributed by atoms with Crippen LogP contribution in [0.2, 0.25) is 0 Å². The Morgan fingerprint density at radius 1 is 0.913 bits per heavy atom. The largest absolute Gasteiger partial charge is 0.307 e. The van der Waals surface area contributed by atoms with Crippen LogP contribution >= 0.6 is 0 Å². The molecule has 2 aliphatic rings. The Morgan fingerprint density at radius 2 is 1.57 bits per heavy atom. The van der Waals surface area contributed by atoms with Crippen LogP contribution in [0.3, 0.4) is 0 Å². The molecule has 1 saturated heterocycles. The molecule has 23 heavy (non-hydrogen) atoms. The smallest absolute Gasteiger partial charge is 0.0450 e. The van der Waals surface area contributed by atoms with Crippen molar-refractivity contribution >= 4 is 0 Å². The van der Waals surface area contributed by atoms with Crippen molar-refractivity contribution in [3.05, 3.63) is 71.8 Å². The summed E-state index contributed by atoms with van der Waals surface area (Å²) in [6.45, 7) is 3.31. The Kier molecular flexibility index (Phi) is 4.19. The van der Waals surface area contributed by atoms with Crippen molar-refractivity contribution < 1.29 is 0 Å². The fraction of sp³-hybridized carbons (Fsp3) is 0.429. The molecule has 1 atom stereocenters. The van der Waals surface area contributed by atoms with Gasteiger partial charge in [0.05, 0.1) is 0 Å². The Labute approximate surface area is 139 Å². The van der Waals surface area contributed by atoms with Crippen molar-refractivity contribution in [1.82, 2.24) is 10.2 Å². The van der Waals surface area contributed by atoms with Crippen molar-refractivity contribution in [3.8, 4) is 0 Å². The van der Waals surface area contributed by atoms with Gasteiger partial charge in [0.15, 0.2) is 0 Å². The van der Waals surface area contributed by atoms with E-state index in [1.54, 1.807) is 0 Å². The standard InChI is InChI=1S/C21H26N2/c1-3-9-18(10-4-1)15-23-16-20(19-11-5-2-6-12-19)22-17-21(23)13-7-8-14-21/h1-6,9-12,20,22H,7-8,13-17H2. The second kappa shape index (κ2) is 6.46. The average Bonchev–Trinajstić information content (AvgIpc) is 3.08. The number of piperazine rings is 1. The molecule has 2 aromatic carbocycles. The van der Waals surface area contributed by atoms with Crippen molar-refractivity contribution in [2.24, 2.45) is 0 Å². The lowest BCUT2D eigenvalue weighted by Crippen LogP contribution is -2.60. The molecule has 4 rings (SSSR count). The summed E-state index contributed by atoms with van der Waals surface area (Å²) in [6, 6.07) is 22.3. The molecule has 0 bridgehead atoms. The summed E-state index contributed by atoms with van der Waals surface area (Å²) in [5, 5.41) is 3.84. The molecule has 1 unspecified atom stereocenters. The van der Waals surface area contributed by atoms with E-state index in [9.17, 15) is 0 Å². The van der Waals surface area contributed by atoms with E-state index >= 15 is 0 Å². The Morgan fingerprint density at radius 3 is 2.26 bits per heavy atom. The maximum Gasteiger partial charge on any atom is 0.0450 e. The normalized spacial score (nSPS) is 24.1. The van der Waals surface area contributed by atoms with Gasteiger partial charge in [-0.05, 0) is 24.0 Å². The average molecular weight is 306 g/mol. The third-order valence-electron chi connectivity index (χ3n) is 5.70. The SMILES string of the molecule is c1ccc(CN2CC(c3ccccc3)NCC23CCCC3)cc1. The van der Waals surface area contributed by atoms with Crippen LogP contribution in [0.4, 0.5) is 0 Å². The molecule has 1 saturated carbocycles. The zero-order chi connectivity index (χ0) is 15.5. The van der Waals surface area contributed by atoms with Crippen LogP contribution in [-0.4, -0.2) is 23.5 Å². The van der Waals surface area contributed by atoms with Crippen molar-refractivity contribution in [1.29, 1.82) is 0 Å². The maximum atomic E-state index is 3.84. The van der Waals surface area contributed by atoms with E-state index < -0.39 is 0 Å². The maximum absolute atomic E-state index is 3.84. The summed E-state index contributed by atoms with van der Waals surface area (Å²) in [7, 11) is 0. The monoisotopic (exact) mass is 306 g/mol. The molecule has 0 radical (unpaired) electrons. The molecule has 120 valence electrons. The van der Waals surface area contributed by atoms with E-state index in [1.165, 1.54) is 36.8 Å². The summed E-state index contributed by atoms with van der Waals surface area (Å²) < 4.78 is 0. The Bertz CT molecular complexity index is 617. The first kappa shape index (κ1) is 14.9. The van der Waals surface area contributed by atoms with E-state index in [-0.39, 0.29) is 0 Å². The minimum absolute atomic E-state index is 0.376. The molecule has 1 aliphatic carbocycles. The van der Waals surface area contributed by atoms with Crippen molar-refractivity contribution in [2.75, 3.05) is 13.1 Å². The topological polar surface area (TPSA) is 15.3 Å². The summed E-state index contributed by atoms with van der Waals surface area (Å²) in [4.78, 5) is 2.77. The molecule has 1 heterocycles. The molecule has 1 spiro atoms. The number of nitrogens with zero attached hydrogens (tertiary/aromatic N) is 1. The number of benzene rings is 2. The van der Waals surface area contributed by atoms with Gasteiger partial charge in [0, 0.05) is 31.2 Å². The molecular formula is C21H26N2. The van der Waals surface area contributed by atoms with Crippen LogP contribution in [0.25, 0.3) is 0 Å². The van der Waals surface area contributed by atoms with Gasteiger partial charge in [-0.3, -0.25) is 4.90 Å². The molecule has 1 N–H and O–H groups in total. The fourth-order valence-electron chi connectivity index (χ4n) is 4.37. The molecule has 1 aliphatic heterocycles. The predicted octanol–water partition coefficient (Wildman–Crippen LogP) is 4.15. The van der Waals surface area contributed by atoms with Gasteiger partial charge in [-0.2, -0.15) is 0 Å². The van der Waals surface area contributed by atoms with E-state index in [0.717, 1.165) is 19.6 Å². The highest BCUT2D eigenvalue weighted by molar-refractivity contribution is 5.22. The Hall–Kier alpha value is -1.64. The third-order valence-corrected chi connectivity index (χ3v) is 5.70. The number of hydrogen-bond acceptors (Lipinski definition) is 2. The summed E-state index contributed by atoms with van der Waals surface area (Å²) in [5.74, 6) is 0. The lowest BCUT2D eigenvalue weighted by atomic mass is 9.88. The van der Waals surface area contributed by atoms with Gasteiger partial charge in [-0.1, -0.05) is 73.5 Å². The second-order valence-electron chi connectivity index (χ2n) is 7.14. The van der Waals surface area contributed by atoms with Gasteiger partial charge in [-0.25, -0.2) is 0 Å². The van der Waals surface area contributed by atoms with Crippen molar-refractivity contribution in [2.45, 2.75) is 43.8 Å². The first-order valence-electron chi connectivity index (χ1n) is 8.93. The molecule has 2 nitrogen and oxygen atoms in total. The molecular weight excluding hydrogens is 280 g/mol. The summed E-state index contributed by atoms with van der Waals surface area (Å²) in [6.07, 6.45) is 5.44. The highest BCUT2D eigenvalue weighted by atomic mass is 15.3. The van der Waals surface area contributed by atoms with Crippen LogP contribution in [-0.2, 0) is 6.54 Å². The third kappa shape index (κ3) is 3.06. The minimum atomic E-state index is 0.376. The lowest BCUT2D eigenvalue weighted by Gasteiger charge is -2.48. The van der Waals surface area contributed by atoms with Gasteiger partial charge in [-0.15, -0.1) is 0 Å². The van der Waals surface area contributed by atoms with Gasteiger partial charge >= 0.3 is 0 Å². The molecule has 2 aromatic rings. The van der Waals surface area contributed by atoms with Crippen LogP contribution in [0.5, 0.6) is 0 Å². The van der Waals surface area contributed by atoms with Gasteiger partial charge in [0.25, 0.3) is 0 Å². The van der Waals surface area contributed by atoms with E-state index in [1.807, 2.05) is 0 Å². The summed E-state index contributed by atoms with van der Waals surface area (Å²) >= 11 is 0. The van der Waals surface area contributed by atoms with Crippen molar-refractivity contribution in [3.63, 3.8) is 0 Å². The van der Waals surface area contributed by atoms with Gasteiger partial charge < -0.3 is 5.32 Å². The molecule has 0 amide bonds. The Balaban J connectivity index is 1.57. The van der Waals surface area contributed by atoms with E-state index in [0.29, 0.717) is 11.6 Å². The minimum Gasteiger partial charge on any atom is -0.307 e. The van der Waals surface area contributed by atoms with Crippen LogP contribution in [0.15, 0.2) is 60.7 Å². The quantitative estimate of drug-likeness (QED) is 0.916. The predicted molar refractivity (Wildman–Crippen MR) is 95.2 cm³/mol. The molecule has 2 heteroatoms. The van der Waals surface area contributed by atoms with Gasteiger partial charge in [0.2, 0.25) is 0 Å². The first-order valence-corrected chi connectivity index (χ1v) is 8.93. The van der Waals surface area contributed by atoms with Crippen LogP contribution in [0, 0.1) is 0 Å². The first-order chi connectivity index (χ1) is 11.4. The van der Waals surface area contributed by atoms with E-state index in [2.05, 4.69) is 70.9 Å². The second-order valence-corrected chi connectivity index (χ2v) is 7.14. The number of rotatable bonds is 3. The van der Waals surface area contributed by atoms with E-state index in [4.69, 9.17) is 0 Å². The number of hydrogen-bond donors (Lipinski definition) is 1. The fourth-order valence-corrected chi connectivity index (χ4v) is 4.37. The highest BCUT2D eigenvalue weighted by Gasteiger charge is 2.43. The van der Waals surface area contributed by atoms with Crippen LogP contribution < -0.4 is 5.32 Å². The zero-order valence-corrected chi connectivity index (χ0v) is 13.7. The summed E-state index contributed by atoms with van der Waals surface area (Å²) in [5.41, 5.74) is 3.23.